The molecule has 2 radical (unpaired) electrons. The monoisotopic (exact) mass is 780 g/mol. The maximum atomic E-state index is 9.77. The number of aliphatic carboxylic acids is 3. The second-order valence-electron chi connectivity index (χ2n) is 4.08. The number of carboxylic acids is 3. The Kier molecular flexibility index (Phi) is 119. The van der Waals surface area contributed by atoms with Crippen molar-refractivity contribution < 1.29 is 92.9 Å². The van der Waals surface area contributed by atoms with Crippen molar-refractivity contribution in [3.8, 4) is 0 Å². The Morgan fingerprint density at radius 1 is 0.548 bits per heavy atom. The molecule has 31 heavy (non-hydrogen) atoms. The first kappa shape index (κ1) is 63.7. The topological polar surface area (TPSA) is 226 Å². The molecule has 12 nitrogen and oxygen atoms in total. The molecule has 12 N–H and O–H groups in total. The minimum atomic E-state index is -0.849. The summed E-state index contributed by atoms with van der Waals surface area (Å²) in [5.74, 6) is -2.55. The third-order valence-electron chi connectivity index (χ3n) is 1.79. The van der Waals surface area contributed by atoms with Crippen LogP contribution in [0.3, 0.4) is 0 Å². The number of hydrogen-bond acceptors (Lipinski definition) is 13. The van der Waals surface area contributed by atoms with Crippen LogP contribution in [0.1, 0.15) is 0 Å². The Morgan fingerprint density at radius 2 is 0.710 bits per heavy atom. The maximum absolute atomic E-state index is 9.77. The zero-order chi connectivity index (χ0) is 19.2. The number of carbonyl (C=O) groups is 3. The molecule has 0 aliphatic heterocycles. The fraction of sp³-hybridized carbons (Fsp3) is 0.750. The molecular formula is C12H34Mo3N6O6S4+6. The summed E-state index contributed by atoms with van der Waals surface area (Å²) in [6.07, 6.45) is 0. The average molecular weight is 775 g/mol. The van der Waals surface area contributed by atoms with Gasteiger partial charge in [-0.15, -0.1) is 0 Å². The quantitative estimate of drug-likeness (QED) is 0.0391. The predicted octanol–water partition coefficient (Wildman–Crippen LogP) is -5.23. The summed E-state index contributed by atoms with van der Waals surface area (Å²) >= 11 is 0. The van der Waals surface area contributed by atoms with Crippen molar-refractivity contribution in [2.45, 2.75) is 0 Å². The Labute approximate surface area is 254 Å². The van der Waals surface area contributed by atoms with Gasteiger partial charge >= 0.3 is 81.1 Å². The van der Waals surface area contributed by atoms with Gasteiger partial charge in [-0.1, -0.05) is 0 Å². The number of rotatable bonds is 12. The normalized spacial score (nSPS) is 7.06. The van der Waals surface area contributed by atoms with Gasteiger partial charge < -0.3 is 102 Å². The molecule has 0 spiro atoms. The van der Waals surface area contributed by atoms with Gasteiger partial charge in [0.15, 0.2) is 0 Å². The van der Waals surface area contributed by atoms with E-state index in [1.54, 1.807) is 0 Å². The van der Waals surface area contributed by atoms with Crippen molar-refractivity contribution in [3.63, 3.8) is 0 Å². The van der Waals surface area contributed by atoms with E-state index in [4.69, 9.17) is 32.5 Å². The second kappa shape index (κ2) is 57.9. The summed E-state index contributed by atoms with van der Waals surface area (Å²) in [4.78, 5) is 29.3. The van der Waals surface area contributed by atoms with E-state index in [0.717, 1.165) is 0 Å². The Balaban J connectivity index is -0.0000000240. The number of carboxylic acid groups (broad SMARTS) is 3. The molecule has 0 fully saturated rings. The van der Waals surface area contributed by atoms with E-state index in [1.165, 1.54) is 0 Å². The molecule has 0 unspecified atom stereocenters. The molecule has 19 heteroatoms. The van der Waals surface area contributed by atoms with Crippen LogP contribution in [-0.4, -0.2) is 92.1 Å². The standard InChI is InChI=1S/3C4H10N2O2.3Mo.4H2S/c3*5-1-2-6-3-4(7)8;;;;;;;/h3*6H,1-3,5H2,(H,7,8);;;;4*1H2/q;;;2*+3;+4;;;;/p-4. The summed E-state index contributed by atoms with van der Waals surface area (Å²) in [7, 11) is 0. The van der Waals surface area contributed by atoms with Crippen molar-refractivity contribution in [2.24, 2.45) is 17.2 Å². The van der Waals surface area contributed by atoms with Crippen molar-refractivity contribution in [1.29, 1.82) is 0 Å². The van der Waals surface area contributed by atoms with Crippen molar-refractivity contribution in [2.75, 3.05) is 58.9 Å². The molecule has 0 atom stereocenters. The van der Waals surface area contributed by atoms with Crippen LogP contribution in [-0.2, 0) is 132 Å². The molecule has 184 valence electrons. The predicted molar refractivity (Wildman–Crippen MR) is 124 cm³/mol. The third-order valence-corrected chi connectivity index (χ3v) is 1.79. The van der Waals surface area contributed by atoms with Crippen LogP contribution in [0.15, 0.2) is 0 Å². The number of thiol groups is 4. The van der Waals surface area contributed by atoms with Gasteiger partial charge in [0, 0.05) is 39.3 Å². The molecule has 0 aromatic carbocycles. The van der Waals surface area contributed by atoms with E-state index in [9.17, 15) is 14.4 Å². The van der Waals surface area contributed by atoms with E-state index in [2.05, 4.69) is 16.0 Å². The van der Waals surface area contributed by atoms with Gasteiger partial charge in [0.25, 0.3) is 0 Å². The van der Waals surface area contributed by atoms with E-state index in [0.29, 0.717) is 39.3 Å². The fourth-order valence-corrected chi connectivity index (χ4v) is 0.892. The Bertz CT molecular complexity index is 302. The number of hydrogen-bond donors (Lipinski definition) is 9. The molecule has 0 aromatic heterocycles. The molecule has 0 saturated heterocycles. The van der Waals surface area contributed by atoms with Crippen LogP contribution in [0.5, 0.6) is 0 Å². The molecule has 0 rings (SSSR count). The van der Waals surface area contributed by atoms with Crippen molar-refractivity contribution >= 4 is 71.9 Å². The van der Waals surface area contributed by atoms with Crippen LogP contribution in [0.2, 0.25) is 0 Å². The zero-order valence-electron chi connectivity index (χ0n) is 16.7. The van der Waals surface area contributed by atoms with Gasteiger partial charge in [0.2, 0.25) is 0 Å². The second-order valence-corrected chi connectivity index (χ2v) is 4.08. The van der Waals surface area contributed by atoms with Crippen LogP contribution < -0.4 is 33.2 Å². The first-order valence-electron chi connectivity index (χ1n) is 7.19. The number of nitrogens with one attached hydrogen (secondary N) is 3. The molecule has 0 heterocycles. The van der Waals surface area contributed by atoms with Crippen molar-refractivity contribution in [3.05, 3.63) is 0 Å². The molecule has 0 aliphatic rings. The molecule has 0 bridgehead atoms. The minimum Gasteiger partial charge on any atom is -0.813 e. The largest absolute Gasteiger partial charge is 4.00 e. The summed E-state index contributed by atoms with van der Waals surface area (Å²) in [6, 6.07) is 0. The minimum absolute atomic E-state index is 0. The molecular weight excluding hydrogens is 740 g/mol. The molecule has 0 aliphatic carbocycles. The van der Waals surface area contributed by atoms with Crippen LogP contribution >= 0.6 is 0 Å². The van der Waals surface area contributed by atoms with E-state index >= 15 is 0 Å². The average Bonchev–Trinajstić information content (AvgIpc) is 2.48. The first-order valence-corrected chi connectivity index (χ1v) is 7.19. The van der Waals surface area contributed by atoms with Crippen molar-refractivity contribution in [1.82, 2.24) is 16.0 Å². The maximum Gasteiger partial charge on any atom is 4.00 e. The van der Waals surface area contributed by atoms with E-state index in [-0.39, 0.29) is 137 Å². The van der Waals surface area contributed by atoms with Gasteiger partial charge in [-0.05, 0) is 0 Å². The Hall–Kier alpha value is 1.63. The molecule has 0 amide bonds. The SMILES string of the molecule is NCCNCC(=O)O.NCCNCC(=O)O.NCCNCC(=O)O.[Mo+3].[Mo+3].[Mo+4].[SH-].[SH-].[SH-].[SH-]. The molecule has 0 aromatic rings. The van der Waals surface area contributed by atoms with Gasteiger partial charge in [-0.3, -0.25) is 14.4 Å². The van der Waals surface area contributed by atoms with Crippen LogP contribution in [0.25, 0.3) is 0 Å². The zero-order valence-corrected chi connectivity index (χ0v) is 26.3. The van der Waals surface area contributed by atoms with E-state index in [1.807, 2.05) is 0 Å². The van der Waals surface area contributed by atoms with Crippen LogP contribution in [0.4, 0.5) is 0 Å². The summed E-state index contributed by atoms with van der Waals surface area (Å²) in [5.41, 5.74) is 15.2. The number of nitrogens with two attached hydrogens (primary N) is 3. The third kappa shape index (κ3) is 100. The fourth-order valence-electron chi connectivity index (χ4n) is 0.892. The smallest absolute Gasteiger partial charge is 0.813 e. The summed E-state index contributed by atoms with van der Waals surface area (Å²) in [6.45, 7) is 3.12. The van der Waals surface area contributed by atoms with Gasteiger partial charge in [-0.2, -0.15) is 0 Å². The summed E-state index contributed by atoms with van der Waals surface area (Å²) in [5, 5.41) is 31.9. The van der Waals surface area contributed by atoms with Crippen LogP contribution in [0, 0.1) is 0 Å². The first-order chi connectivity index (χ1) is 11.3. The summed E-state index contributed by atoms with van der Waals surface area (Å²) < 4.78 is 0. The Morgan fingerprint density at radius 3 is 0.806 bits per heavy atom. The van der Waals surface area contributed by atoms with E-state index < -0.39 is 17.9 Å². The van der Waals surface area contributed by atoms with Gasteiger partial charge in [0.1, 0.15) is 0 Å². The molecule has 0 saturated carbocycles. The van der Waals surface area contributed by atoms with Gasteiger partial charge in [-0.25, -0.2) is 0 Å². The van der Waals surface area contributed by atoms with Gasteiger partial charge in [0.05, 0.1) is 19.6 Å².